The molecule has 0 saturated heterocycles. The molecule has 0 heterocycles. The summed E-state index contributed by atoms with van der Waals surface area (Å²) in [5.74, 6) is 2.63. The van der Waals surface area contributed by atoms with Gasteiger partial charge in [-0.3, -0.25) is 24.5 Å². The molecule has 0 radical (unpaired) electrons. The molecule has 0 aliphatic heterocycles. The van der Waals surface area contributed by atoms with Crippen molar-refractivity contribution in [3.63, 3.8) is 0 Å². The van der Waals surface area contributed by atoms with Crippen molar-refractivity contribution in [2.75, 3.05) is 79.0 Å². The van der Waals surface area contributed by atoms with Gasteiger partial charge in [-0.25, -0.2) is 0 Å². The average molecular weight is 2030 g/mol. The second-order valence-electron chi connectivity index (χ2n) is 40.9. The number of benzene rings is 12. The summed E-state index contributed by atoms with van der Waals surface area (Å²) in [7, 11) is 5.06. The van der Waals surface area contributed by atoms with Crippen LogP contribution in [-0.2, 0) is 55.5 Å². The SMILES string of the molecule is CCN(C)Cc1cccc(C)c1Pc1cc(C(C)(C)C)cc(C(C)(C)C)c1O.CCN(CC)Cc1cccc(C)c1Pc1cc(C)cc(C(C)(C)C)c1O.CCN(CC)Cc1cccc(C)c1Pc1cc(C)cc(C)c1O.CCN(CC)Cc1cccc(C)c1Pc1cc(C)ccc1O.CCN(CC)Cc1cccc(C)c1Pc1cccc(C)c1O.CCN(CC)Cc1cccc(C)c1Pc1ccccc1O. The van der Waals surface area contributed by atoms with Crippen molar-refractivity contribution in [1.82, 2.24) is 29.4 Å². The van der Waals surface area contributed by atoms with Gasteiger partial charge in [-0.05, 0) is 334 Å². The highest BCUT2D eigenvalue weighted by Gasteiger charge is 2.28. The van der Waals surface area contributed by atoms with E-state index in [-0.39, 0.29) is 16.2 Å². The van der Waals surface area contributed by atoms with E-state index in [0.29, 0.717) is 86.0 Å². The van der Waals surface area contributed by atoms with Crippen LogP contribution in [0.1, 0.15) is 250 Å². The van der Waals surface area contributed by atoms with Crippen LogP contribution < -0.4 is 63.7 Å². The van der Waals surface area contributed by atoms with Gasteiger partial charge >= 0.3 is 0 Å². The number of hydrogen-bond acceptors (Lipinski definition) is 12. The van der Waals surface area contributed by atoms with E-state index in [4.69, 9.17) is 0 Å². The highest BCUT2D eigenvalue weighted by atomic mass is 31.1. The molecule has 0 bridgehead atoms. The van der Waals surface area contributed by atoms with Crippen molar-refractivity contribution in [2.45, 2.75) is 270 Å². The van der Waals surface area contributed by atoms with Crippen molar-refractivity contribution >= 4 is 115 Å². The largest absolute Gasteiger partial charge is 0.507 e. The predicted molar refractivity (Wildman–Crippen MR) is 636 cm³/mol. The van der Waals surface area contributed by atoms with Crippen LogP contribution >= 0.6 is 51.5 Å². The predicted octanol–water partition coefficient (Wildman–Crippen LogP) is 24.1. The van der Waals surface area contributed by atoms with Gasteiger partial charge in [0.2, 0.25) is 0 Å². The Bertz CT molecular complexity index is 5930. The van der Waals surface area contributed by atoms with Crippen molar-refractivity contribution in [2.24, 2.45) is 0 Å². The molecule has 142 heavy (non-hydrogen) atoms. The molecule has 0 aromatic heterocycles. The molecule has 12 aromatic carbocycles. The quantitative estimate of drug-likeness (QED) is 0.0211. The molecule has 0 aliphatic carbocycles. The van der Waals surface area contributed by atoms with E-state index in [0.717, 1.165) is 165 Å². The Labute approximate surface area is 870 Å². The fourth-order valence-corrected chi connectivity index (χ4v) is 25.5. The third kappa shape index (κ3) is 36.1. The van der Waals surface area contributed by atoms with E-state index >= 15 is 0 Å². The number of phenols is 6. The van der Waals surface area contributed by atoms with Gasteiger partial charge < -0.3 is 35.5 Å². The third-order valence-electron chi connectivity index (χ3n) is 26.7. The van der Waals surface area contributed by atoms with Gasteiger partial charge in [0, 0.05) is 82.2 Å². The summed E-state index contributed by atoms with van der Waals surface area (Å²) in [4.78, 5) is 14.5. The summed E-state index contributed by atoms with van der Waals surface area (Å²) < 4.78 is 0. The van der Waals surface area contributed by atoms with E-state index in [1.165, 1.54) is 121 Å². The molecule has 0 amide bonds. The van der Waals surface area contributed by atoms with E-state index in [1.54, 1.807) is 12.1 Å². The number of nitrogens with zero attached hydrogens (tertiary/aromatic N) is 6. The summed E-state index contributed by atoms with van der Waals surface area (Å²) in [6.07, 6.45) is 0. The number of hydrogen-bond donors (Lipinski definition) is 6. The summed E-state index contributed by atoms with van der Waals surface area (Å²) in [5, 5.41) is 77.6. The Kier molecular flexibility index (Phi) is 49.6. The van der Waals surface area contributed by atoms with E-state index in [2.05, 4.69) is 383 Å². The molecular formula is C124H176N6O6P6. The van der Waals surface area contributed by atoms with Gasteiger partial charge in [0.25, 0.3) is 0 Å². The van der Waals surface area contributed by atoms with Crippen LogP contribution in [0.2, 0.25) is 0 Å². The van der Waals surface area contributed by atoms with E-state index in [9.17, 15) is 30.6 Å². The van der Waals surface area contributed by atoms with Gasteiger partial charge in [0.1, 0.15) is 34.5 Å². The topological polar surface area (TPSA) is 141 Å². The summed E-state index contributed by atoms with van der Waals surface area (Å²) in [6.45, 7) is 84.6. The lowest BCUT2D eigenvalue weighted by molar-refractivity contribution is 0.296. The fourth-order valence-electron chi connectivity index (χ4n) is 17.2. The zero-order chi connectivity index (χ0) is 105. The molecule has 6 unspecified atom stereocenters. The van der Waals surface area contributed by atoms with Crippen LogP contribution in [0, 0.1) is 76.2 Å². The first kappa shape index (κ1) is 121. The Morgan fingerprint density at radius 1 is 0.218 bits per heavy atom. The molecule has 768 valence electrons. The first-order valence-corrected chi connectivity index (χ1v) is 57.6. The van der Waals surface area contributed by atoms with Crippen molar-refractivity contribution in [3.8, 4) is 34.5 Å². The number of aromatic hydroxyl groups is 6. The highest BCUT2D eigenvalue weighted by molar-refractivity contribution is 7.57. The van der Waals surface area contributed by atoms with Gasteiger partial charge in [-0.15, -0.1) is 0 Å². The van der Waals surface area contributed by atoms with E-state index < -0.39 is 0 Å². The second kappa shape index (κ2) is 58.4. The zero-order valence-corrected chi connectivity index (χ0v) is 98.5. The van der Waals surface area contributed by atoms with Gasteiger partial charge in [-0.1, -0.05) is 365 Å². The van der Waals surface area contributed by atoms with Gasteiger partial charge in [-0.2, -0.15) is 0 Å². The van der Waals surface area contributed by atoms with Crippen LogP contribution in [0.5, 0.6) is 34.5 Å². The maximum Gasteiger partial charge on any atom is 0.127 e. The normalized spacial score (nSPS) is 12.1. The average Bonchev–Trinajstić information content (AvgIpc) is 0.776. The summed E-state index contributed by atoms with van der Waals surface area (Å²) in [6, 6.07) is 71.6. The van der Waals surface area contributed by atoms with Gasteiger partial charge in [0.05, 0.1) is 0 Å². The Hall–Kier alpha value is -8.22. The molecule has 12 rings (SSSR count). The molecule has 0 saturated carbocycles. The number of para-hydroxylation sites is 2. The Balaban J connectivity index is 0.000000232. The molecule has 12 aromatic rings. The molecule has 6 atom stereocenters. The van der Waals surface area contributed by atoms with E-state index in [1.807, 2.05) is 62.4 Å². The zero-order valence-electron chi connectivity index (χ0n) is 92.5. The molecule has 0 fully saturated rings. The molecule has 0 aliphatic rings. The summed E-state index contributed by atoms with van der Waals surface area (Å²) in [5.41, 5.74) is 24.9. The van der Waals surface area contributed by atoms with Crippen molar-refractivity contribution < 1.29 is 30.6 Å². The lowest BCUT2D eigenvalue weighted by Gasteiger charge is -2.28. The van der Waals surface area contributed by atoms with Crippen LogP contribution in [-0.4, -0.2) is 139 Å². The first-order chi connectivity index (χ1) is 67.2. The minimum Gasteiger partial charge on any atom is -0.507 e. The third-order valence-corrected chi connectivity index (χ3v) is 36.5. The monoisotopic (exact) mass is 2030 g/mol. The number of aryl methyl sites for hydroxylation is 11. The minimum atomic E-state index is -0.0957. The van der Waals surface area contributed by atoms with Crippen molar-refractivity contribution in [1.29, 1.82) is 0 Å². The lowest BCUT2D eigenvalue weighted by Crippen LogP contribution is -2.26. The second-order valence-corrected chi connectivity index (χ2v) is 48.6. The smallest absolute Gasteiger partial charge is 0.127 e. The maximum absolute atomic E-state index is 11.2. The highest BCUT2D eigenvalue weighted by Crippen LogP contribution is 2.40. The standard InChI is InChI=1S/C25H38NOP.C23H34NOP.C20H28NOP.2C19H26NOP.C18H24NOP/c1-10-26(9)16-18-13-11-12-17(2)23(18)28-21-15-19(24(3,4)5)14-20(22(21)27)25(6,7)8;1-8-24(9-2)15-18-12-10-11-17(4)22(18)26-20-14-16(3)13-19(21(20)25)23(5,6)7;1-6-21(7-2)13-17-10-8-9-15(4)20(17)23-18-12-14(3)11-16(5)19(18)22;1-5-20(6-2)13-16-11-7-10-15(4)19(16)22-17-12-8-9-14(3)18(17)21;1-5-20(6-2)13-16-9-7-8-15(4)19(16)22-18-12-14(3)10-11-17(18)21;1-4-19(5-2)13-15-10-8-9-14(3)18(15)21-17-12-7-6-11-16(17)20/h11-15,27-28H,10,16H2,1-9H3;10-14,25-26H,8-9,15H2,1-7H3;8-12,22-23H,6-7,13H2,1-5H3;2*7-12,21-22H,5-6,13H2,1-4H3;6-12,20-21H,4-5,13H2,1-3H3. The minimum absolute atomic E-state index is 0.0456. The van der Waals surface area contributed by atoms with Crippen LogP contribution in [0.25, 0.3) is 0 Å². The molecule has 0 spiro atoms. The maximum atomic E-state index is 11.2. The Morgan fingerprint density at radius 3 is 0.824 bits per heavy atom. The molecular weight excluding hydrogens is 1860 g/mol. The Morgan fingerprint density at radius 2 is 0.486 bits per heavy atom. The van der Waals surface area contributed by atoms with Gasteiger partial charge in [0.15, 0.2) is 0 Å². The van der Waals surface area contributed by atoms with Crippen LogP contribution in [0.4, 0.5) is 0 Å². The number of rotatable bonds is 35. The number of phenolic OH excluding ortho intramolecular Hbond substituents is 6. The fraction of sp³-hybridized carbons (Fsp3) is 0.419. The first-order valence-electron chi connectivity index (χ1n) is 51.6. The summed E-state index contributed by atoms with van der Waals surface area (Å²) >= 11 is 0. The molecule has 6 N–H and O–H groups in total. The van der Waals surface area contributed by atoms with Crippen LogP contribution in [0.3, 0.4) is 0 Å². The van der Waals surface area contributed by atoms with Crippen molar-refractivity contribution in [3.05, 3.63) is 318 Å². The lowest BCUT2D eigenvalue weighted by atomic mass is 9.80. The molecule has 18 heteroatoms. The molecule has 12 nitrogen and oxygen atoms in total. The van der Waals surface area contributed by atoms with Crippen LogP contribution in [0.15, 0.2) is 206 Å².